The first-order chi connectivity index (χ1) is 9.61. The van der Waals surface area contributed by atoms with Crippen LogP contribution in [0.15, 0.2) is 48.5 Å². The zero-order valence-electron chi connectivity index (χ0n) is 11.4. The Kier molecular flexibility index (Phi) is 4.64. The van der Waals surface area contributed by atoms with Crippen LogP contribution in [-0.2, 0) is 4.74 Å². The van der Waals surface area contributed by atoms with E-state index in [1.807, 2.05) is 43.3 Å². The molecule has 0 aliphatic heterocycles. The van der Waals surface area contributed by atoms with Gasteiger partial charge in [0.05, 0.1) is 12.7 Å². The van der Waals surface area contributed by atoms with Crippen molar-refractivity contribution in [3.63, 3.8) is 0 Å². The second-order valence-corrected chi connectivity index (χ2v) is 4.86. The van der Waals surface area contributed by atoms with Crippen molar-refractivity contribution in [3.8, 4) is 0 Å². The van der Waals surface area contributed by atoms with Crippen LogP contribution in [0, 0.1) is 0 Å². The fourth-order valence-corrected chi connectivity index (χ4v) is 2.27. The summed E-state index contributed by atoms with van der Waals surface area (Å²) >= 11 is 6.17. The van der Waals surface area contributed by atoms with E-state index in [4.69, 9.17) is 11.6 Å². The molecule has 2 aromatic carbocycles. The van der Waals surface area contributed by atoms with E-state index < -0.39 is 0 Å². The van der Waals surface area contributed by atoms with E-state index in [2.05, 4.69) is 10.1 Å². The monoisotopic (exact) mass is 289 g/mol. The number of benzene rings is 2. The molecule has 0 aliphatic rings. The molecule has 0 unspecified atom stereocenters. The smallest absolute Gasteiger partial charge is 0.337 e. The van der Waals surface area contributed by atoms with Gasteiger partial charge in [0.15, 0.2) is 0 Å². The van der Waals surface area contributed by atoms with Crippen LogP contribution in [0.3, 0.4) is 0 Å². The maximum Gasteiger partial charge on any atom is 0.337 e. The molecular formula is C16H16ClNO2. The standard InChI is InChI=1S/C16H16ClNO2/c1-11(14-5-3-4-6-15(14)17)18-13-9-7-12(8-10-13)16(19)20-2/h3-11,18H,1-2H3/t11-/m0/s1. The van der Waals surface area contributed by atoms with Crippen molar-refractivity contribution in [3.05, 3.63) is 64.7 Å². The summed E-state index contributed by atoms with van der Waals surface area (Å²) in [5, 5.41) is 4.08. The van der Waals surface area contributed by atoms with Gasteiger partial charge in [0.2, 0.25) is 0 Å². The molecule has 3 nitrogen and oxygen atoms in total. The molecule has 2 rings (SSSR count). The summed E-state index contributed by atoms with van der Waals surface area (Å²) in [4.78, 5) is 11.4. The van der Waals surface area contributed by atoms with Crippen LogP contribution < -0.4 is 5.32 Å². The largest absolute Gasteiger partial charge is 0.465 e. The number of nitrogens with one attached hydrogen (secondary N) is 1. The number of methoxy groups -OCH3 is 1. The lowest BCUT2D eigenvalue weighted by Gasteiger charge is -2.17. The third-order valence-electron chi connectivity index (χ3n) is 3.06. The summed E-state index contributed by atoms with van der Waals surface area (Å²) in [5.74, 6) is -0.337. The minimum absolute atomic E-state index is 0.0766. The molecule has 0 bridgehead atoms. The van der Waals surface area contributed by atoms with E-state index >= 15 is 0 Å². The Morgan fingerprint density at radius 3 is 2.40 bits per heavy atom. The number of ether oxygens (including phenoxy) is 1. The first-order valence-electron chi connectivity index (χ1n) is 6.31. The van der Waals surface area contributed by atoms with Crippen LogP contribution in [0.25, 0.3) is 0 Å². The number of hydrogen-bond donors (Lipinski definition) is 1. The van der Waals surface area contributed by atoms with Crippen LogP contribution in [-0.4, -0.2) is 13.1 Å². The molecule has 0 aromatic heterocycles. The third-order valence-corrected chi connectivity index (χ3v) is 3.41. The molecule has 0 amide bonds. The second-order valence-electron chi connectivity index (χ2n) is 4.46. The highest BCUT2D eigenvalue weighted by atomic mass is 35.5. The van der Waals surface area contributed by atoms with Gasteiger partial charge in [-0.2, -0.15) is 0 Å². The number of hydrogen-bond acceptors (Lipinski definition) is 3. The molecule has 0 fully saturated rings. The lowest BCUT2D eigenvalue weighted by atomic mass is 10.1. The first-order valence-corrected chi connectivity index (χ1v) is 6.69. The zero-order valence-corrected chi connectivity index (χ0v) is 12.1. The predicted octanol–water partition coefficient (Wildman–Crippen LogP) is 4.30. The summed E-state index contributed by atoms with van der Waals surface area (Å²) in [6.45, 7) is 2.04. The van der Waals surface area contributed by atoms with Gasteiger partial charge in [-0.3, -0.25) is 0 Å². The fraction of sp³-hybridized carbons (Fsp3) is 0.188. The number of esters is 1. The number of carbonyl (C=O) groups excluding carboxylic acids is 1. The lowest BCUT2D eigenvalue weighted by molar-refractivity contribution is 0.0601. The molecule has 4 heteroatoms. The van der Waals surface area contributed by atoms with Gasteiger partial charge in [-0.05, 0) is 42.8 Å². The van der Waals surface area contributed by atoms with E-state index in [-0.39, 0.29) is 12.0 Å². The van der Waals surface area contributed by atoms with Crippen LogP contribution in [0.5, 0.6) is 0 Å². The molecule has 1 atom stereocenters. The molecule has 0 spiro atoms. The van der Waals surface area contributed by atoms with Gasteiger partial charge in [0.25, 0.3) is 0 Å². The van der Waals surface area contributed by atoms with E-state index in [0.29, 0.717) is 5.56 Å². The number of anilines is 1. The molecule has 0 radical (unpaired) electrons. The van der Waals surface area contributed by atoms with Crippen molar-refractivity contribution in [2.75, 3.05) is 12.4 Å². The van der Waals surface area contributed by atoms with E-state index in [1.54, 1.807) is 12.1 Å². The average Bonchev–Trinajstić information content (AvgIpc) is 2.47. The van der Waals surface area contributed by atoms with E-state index in [1.165, 1.54) is 7.11 Å². The second kappa shape index (κ2) is 6.44. The Hall–Kier alpha value is -2.00. The Morgan fingerprint density at radius 2 is 1.80 bits per heavy atom. The van der Waals surface area contributed by atoms with Gasteiger partial charge in [0, 0.05) is 16.8 Å². The van der Waals surface area contributed by atoms with Crippen LogP contribution in [0.2, 0.25) is 5.02 Å². The van der Waals surface area contributed by atoms with Crippen molar-refractivity contribution in [2.45, 2.75) is 13.0 Å². The van der Waals surface area contributed by atoms with Crippen molar-refractivity contribution in [1.29, 1.82) is 0 Å². The Labute approximate surface area is 123 Å². The van der Waals surface area contributed by atoms with E-state index in [0.717, 1.165) is 16.3 Å². The predicted molar refractivity (Wildman–Crippen MR) is 81.3 cm³/mol. The minimum atomic E-state index is -0.337. The maximum absolute atomic E-state index is 11.4. The first kappa shape index (κ1) is 14.4. The molecule has 1 N–H and O–H groups in total. The summed E-state index contributed by atoms with van der Waals surface area (Å²) in [5.41, 5.74) is 2.49. The van der Waals surface area contributed by atoms with Crippen molar-refractivity contribution in [1.82, 2.24) is 0 Å². The molecule has 0 aliphatic carbocycles. The molecule has 0 saturated carbocycles. The van der Waals surface area contributed by atoms with Crippen molar-refractivity contribution in [2.24, 2.45) is 0 Å². The summed E-state index contributed by atoms with van der Waals surface area (Å²) in [6.07, 6.45) is 0. The van der Waals surface area contributed by atoms with Crippen molar-refractivity contribution < 1.29 is 9.53 Å². The van der Waals surface area contributed by atoms with Gasteiger partial charge >= 0.3 is 5.97 Å². The summed E-state index contributed by atoms with van der Waals surface area (Å²) < 4.78 is 4.67. The number of rotatable bonds is 4. The molecule has 20 heavy (non-hydrogen) atoms. The fourth-order valence-electron chi connectivity index (χ4n) is 1.97. The topological polar surface area (TPSA) is 38.3 Å². The highest BCUT2D eigenvalue weighted by Gasteiger charge is 2.09. The highest BCUT2D eigenvalue weighted by Crippen LogP contribution is 2.25. The molecule has 104 valence electrons. The van der Waals surface area contributed by atoms with Crippen LogP contribution in [0.4, 0.5) is 5.69 Å². The van der Waals surface area contributed by atoms with Gasteiger partial charge < -0.3 is 10.1 Å². The quantitative estimate of drug-likeness (QED) is 0.853. The number of carbonyl (C=O) groups is 1. The van der Waals surface area contributed by atoms with Crippen molar-refractivity contribution >= 4 is 23.3 Å². The van der Waals surface area contributed by atoms with E-state index in [9.17, 15) is 4.79 Å². The van der Waals surface area contributed by atoms with Crippen LogP contribution in [0.1, 0.15) is 28.9 Å². The molecule has 0 saturated heterocycles. The Morgan fingerprint density at radius 1 is 1.15 bits per heavy atom. The zero-order chi connectivity index (χ0) is 14.5. The average molecular weight is 290 g/mol. The Bertz CT molecular complexity index is 596. The number of halogens is 1. The maximum atomic E-state index is 11.4. The third kappa shape index (κ3) is 3.31. The van der Waals surface area contributed by atoms with Gasteiger partial charge in [-0.25, -0.2) is 4.79 Å². The highest BCUT2D eigenvalue weighted by molar-refractivity contribution is 6.31. The van der Waals surface area contributed by atoms with Gasteiger partial charge in [-0.15, -0.1) is 0 Å². The molecule has 2 aromatic rings. The molecular weight excluding hydrogens is 274 g/mol. The van der Waals surface area contributed by atoms with Gasteiger partial charge in [-0.1, -0.05) is 29.8 Å². The van der Waals surface area contributed by atoms with Gasteiger partial charge in [0.1, 0.15) is 0 Å². The Balaban J connectivity index is 2.10. The minimum Gasteiger partial charge on any atom is -0.465 e. The lowest BCUT2D eigenvalue weighted by Crippen LogP contribution is -2.07. The summed E-state index contributed by atoms with van der Waals surface area (Å²) in [6, 6.07) is 15.0. The SMILES string of the molecule is COC(=O)c1ccc(N[C@@H](C)c2ccccc2Cl)cc1. The summed E-state index contributed by atoms with van der Waals surface area (Å²) in [7, 11) is 1.37. The normalized spacial score (nSPS) is 11.8. The molecule has 0 heterocycles. The van der Waals surface area contributed by atoms with Crippen LogP contribution >= 0.6 is 11.6 Å².